The molecule has 5 amide bonds. The number of aromatic nitrogens is 9. The van der Waals surface area contributed by atoms with Crippen LogP contribution >= 0.6 is 0 Å². The standard InChI is InChI=1S/C28H38N6O5S.C28H41N5O3S.C25H30N6O5S.C24H33N5O3S.3H2/c1-18-15-28(5,6)34(16-18)24-20(25(35)32-40(37,38)23-11-7-10-22(29)31-23)12-13-21(30-24)19-9-8-14-33(17-19)26(36)39-27(2,3)4;1-8-9-10-11-13-20-16-21(26(34)32-37(35,36)23-15-12-14-22(29)30-23)25(31-24(20)27(3,4)5)33-18-19(2)17-28(33,6)7;1-14(2)36-21-11-7-17(13-27-21)19-9-8-18(24(28-19)31-15(3)5-6-16(31)4)25(33)30-37(34,35)22-12-10-20(32)23(26)29-22;1-8-16-12-17(22(30)28-33(31,32)19-11-9-10-18(25)26-19)21(27-20(16)23(3,4)5)29-14-15(2)13-24(29,6)7;;;/h7,9-13,18H,8,14-17H2,1-6H3,(H2,29,31)(H,32,35);11-16,19H,8-10,17-18H2,1-7H3,(H2,29,30)(H,32,34);7-16,32H,5-6H2,1-4H3,(H2,26,29)(H,30,33);8-12,15H,1,13-14H2,2-7H3,(H2,25,26)(H,28,30);3*1H/b;13-11+;;;;;/t18-;19-;15-,16+;15-;;;/m00.0.../s1. The number of unbranched alkanes of at least 4 members (excludes halogenated alkanes) is 2. The lowest BCUT2D eigenvalue weighted by atomic mass is 9.87. The van der Waals surface area contributed by atoms with Crippen LogP contribution in [0, 0.1) is 17.8 Å². The minimum absolute atomic E-state index is 0. The Morgan fingerprint density at radius 1 is 0.524 bits per heavy atom. The molecule has 5 aliphatic rings. The van der Waals surface area contributed by atoms with Gasteiger partial charge >= 0.3 is 6.09 Å². The van der Waals surface area contributed by atoms with Gasteiger partial charge < -0.3 is 62.0 Å². The summed E-state index contributed by atoms with van der Waals surface area (Å²) in [5.74, 6) is -0.429. The number of nitrogen functional groups attached to an aromatic ring is 4. The zero-order valence-corrected chi connectivity index (χ0v) is 91.5. The van der Waals surface area contributed by atoms with Crippen molar-refractivity contribution in [3.63, 3.8) is 0 Å². The number of nitrogens with zero attached hydrogens (tertiary/aromatic N) is 14. The average molecular weight is 2100 g/mol. The Labute approximate surface area is 868 Å². The number of hydrogen-bond donors (Lipinski definition) is 9. The summed E-state index contributed by atoms with van der Waals surface area (Å²) in [6, 6.07) is 28.6. The normalized spacial score (nSPS) is 18.3. The highest BCUT2D eigenvalue weighted by molar-refractivity contribution is 7.91. The lowest BCUT2D eigenvalue weighted by Gasteiger charge is -2.35. The summed E-state index contributed by atoms with van der Waals surface area (Å²) in [6.45, 7) is 53.8. The quantitative estimate of drug-likeness (QED) is 0.0240. The largest absolute Gasteiger partial charge is 0.504 e. The van der Waals surface area contributed by atoms with Crippen LogP contribution < -0.4 is 66.2 Å². The Kier molecular flexibility index (Phi) is 34.9. The molecule has 0 aliphatic carbocycles. The van der Waals surface area contributed by atoms with Gasteiger partial charge in [0.25, 0.3) is 63.7 Å². The minimum Gasteiger partial charge on any atom is -0.504 e. The van der Waals surface area contributed by atoms with E-state index in [0.29, 0.717) is 96.5 Å². The molecule has 4 fully saturated rings. The van der Waals surface area contributed by atoms with Crippen molar-refractivity contribution in [1.29, 1.82) is 0 Å². The number of amides is 5. The molecule has 0 saturated carbocycles. The predicted molar refractivity (Wildman–Crippen MR) is 580 cm³/mol. The second-order valence-electron chi connectivity index (χ2n) is 43.3. The van der Waals surface area contributed by atoms with Crippen LogP contribution in [0.2, 0.25) is 0 Å². The summed E-state index contributed by atoms with van der Waals surface area (Å²) in [5, 5.41) is 8.09. The molecule has 42 heteroatoms. The van der Waals surface area contributed by atoms with E-state index in [0.717, 1.165) is 98.1 Å². The highest BCUT2D eigenvalue weighted by Gasteiger charge is 2.45. The molecule has 14 rings (SSSR count). The molecule has 13 N–H and O–H groups in total. The van der Waals surface area contributed by atoms with Crippen LogP contribution in [0.15, 0.2) is 160 Å². The zero-order chi connectivity index (χ0) is 109. The molecule has 9 aromatic heterocycles. The number of anilines is 8. The first-order valence-electron chi connectivity index (χ1n) is 49.1. The van der Waals surface area contributed by atoms with E-state index in [2.05, 4.69) is 161 Å². The van der Waals surface area contributed by atoms with Crippen LogP contribution in [0.4, 0.5) is 51.3 Å². The van der Waals surface area contributed by atoms with E-state index in [1.54, 1.807) is 59.6 Å². The Morgan fingerprint density at radius 3 is 1.32 bits per heavy atom. The van der Waals surface area contributed by atoms with E-state index in [1.165, 1.54) is 54.6 Å². The molecule has 4 saturated heterocycles. The van der Waals surface area contributed by atoms with Crippen molar-refractivity contribution in [1.82, 2.24) is 68.6 Å². The number of nitrogens with one attached hydrogen (secondary N) is 4. The first kappa shape index (κ1) is 114. The van der Waals surface area contributed by atoms with E-state index in [4.69, 9.17) is 52.3 Å². The molecule has 0 spiro atoms. The highest BCUT2D eigenvalue weighted by atomic mass is 32.2. The molecule has 5 aliphatic heterocycles. The van der Waals surface area contributed by atoms with Gasteiger partial charge in [-0.3, -0.25) is 19.2 Å². The first-order valence-corrected chi connectivity index (χ1v) is 55.0. The van der Waals surface area contributed by atoms with Crippen LogP contribution in [0.3, 0.4) is 0 Å². The highest BCUT2D eigenvalue weighted by Crippen LogP contribution is 2.45. The van der Waals surface area contributed by atoms with Crippen molar-refractivity contribution >= 4 is 134 Å². The van der Waals surface area contributed by atoms with Crippen molar-refractivity contribution in [2.45, 2.75) is 288 Å². The van der Waals surface area contributed by atoms with Crippen molar-refractivity contribution in [2.75, 3.05) is 75.3 Å². The van der Waals surface area contributed by atoms with E-state index < -0.39 is 80.4 Å². The van der Waals surface area contributed by atoms with Crippen LogP contribution in [0.25, 0.3) is 29.0 Å². The Balaban J connectivity index is 0.000000242. The van der Waals surface area contributed by atoms with Crippen LogP contribution in [0.5, 0.6) is 11.6 Å². The topological polar surface area (TPSA) is 545 Å². The predicted octanol–water partition coefficient (Wildman–Crippen LogP) is 16.7. The Morgan fingerprint density at radius 2 is 0.932 bits per heavy atom. The summed E-state index contributed by atoms with van der Waals surface area (Å²) < 4.78 is 123. The molecular formula is C105H148N22O16S4. The summed E-state index contributed by atoms with van der Waals surface area (Å²) >= 11 is 0. The third-order valence-corrected chi connectivity index (χ3v) is 30.2. The van der Waals surface area contributed by atoms with Gasteiger partial charge in [0.2, 0.25) is 5.88 Å². The van der Waals surface area contributed by atoms with E-state index in [-0.39, 0.29) is 116 Å². The number of pyridine rings is 9. The van der Waals surface area contributed by atoms with Crippen LogP contribution in [0.1, 0.15) is 291 Å². The molecule has 0 unspecified atom stereocenters. The fourth-order valence-corrected chi connectivity index (χ4v) is 22.5. The van der Waals surface area contributed by atoms with Gasteiger partial charge in [-0.1, -0.05) is 131 Å². The number of hydrogen-bond acceptors (Lipinski definition) is 33. The summed E-state index contributed by atoms with van der Waals surface area (Å²) in [4.78, 5) is 116. The van der Waals surface area contributed by atoms with Crippen molar-refractivity contribution in [3.8, 4) is 22.9 Å². The number of allylic oxidation sites excluding steroid dienone is 1. The van der Waals surface area contributed by atoms with Crippen molar-refractivity contribution < 1.29 is 76.5 Å². The molecule has 0 radical (unpaired) electrons. The molecule has 147 heavy (non-hydrogen) atoms. The number of ether oxygens (including phenoxy) is 2. The van der Waals surface area contributed by atoms with Gasteiger partial charge in [0, 0.05) is 87.8 Å². The van der Waals surface area contributed by atoms with Crippen LogP contribution in [-0.2, 0) is 55.7 Å². The number of rotatable bonds is 25. The van der Waals surface area contributed by atoms with E-state index in [9.17, 15) is 62.8 Å². The summed E-state index contributed by atoms with van der Waals surface area (Å²) in [6.07, 6.45) is 17.2. The number of carbonyl (C=O) groups excluding carboxylic acids is 5. The monoisotopic (exact) mass is 2100 g/mol. The third kappa shape index (κ3) is 28.3. The maximum absolute atomic E-state index is 13.6. The van der Waals surface area contributed by atoms with Gasteiger partial charge in [0.1, 0.15) is 46.3 Å². The fraction of sp³-hybridized carbons (Fsp3) is 0.467. The van der Waals surface area contributed by atoms with Crippen molar-refractivity contribution in [3.05, 3.63) is 191 Å². The molecule has 798 valence electrons. The molecule has 14 heterocycles. The van der Waals surface area contributed by atoms with Crippen molar-refractivity contribution in [2.24, 2.45) is 17.8 Å². The lowest BCUT2D eigenvalue weighted by Crippen LogP contribution is -2.41. The number of sulfonamides is 4. The second kappa shape index (κ2) is 45.1. The van der Waals surface area contributed by atoms with Crippen LogP contribution in [-0.4, -0.2) is 191 Å². The van der Waals surface area contributed by atoms with E-state index in [1.807, 2.05) is 92.4 Å². The molecule has 38 nitrogen and oxygen atoms in total. The first-order chi connectivity index (χ1) is 68.3. The fourth-order valence-electron chi connectivity index (χ4n) is 18.8. The number of carbonyl (C=O) groups is 5. The molecule has 9 aromatic rings. The summed E-state index contributed by atoms with van der Waals surface area (Å²) in [7, 11) is -17.1. The third-order valence-electron chi connectivity index (χ3n) is 25.3. The lowest BCUT2D eigenvalue weighted by molar-refractivity contribution is 0.0272. The maximum atomic E-state index is 13.6. The van der Waals surface area contributed by atoms with Gasteiger partial charge in [0.15, 0.2) is 31.7 Å². The average Bonchev–Trinajstić information content (AvgIpc) is 1.53. The minimum atomic E-state index is -4.36. The molecule has 0 aromatic carbocycles. The number of nitrogens with two attached hydrogens (primary N) is 4. The smallest absolute Gasteiger partial charge is 0.410 e. The molecule has 5 atom stereocenters. The summed E-state index contributed by atoms with van der Waals surface area (Å²) in [5.41, 5.74) is 27.0. The zero-order valence-electron chi connectivity index (χ0n) is 88.2. The van der Waals surface area contributed by atoms with Gasteiger partial charge in [0.05, 0.1) is 57.7 Å². The second-order valence-corrected chi connectivity index (χ2v) is 49.8. The van der Waals surface area contributed by atoms with Gasteiger partial charge in [-0.05, 0) is 260 Å². The maximum Gasteiger partial charge on any atom is 0.410 e. The SMILES string of the molecule is C=Cc1cc(C(=O)NS(=O)(=O)c2cccc(N)n2)c(N2C[C@@H](C)CC2(C)C)nc1C(C)(C)C.CC(C)Oc1ccc(-c2ccc(C(=O)NS(=O)(=O)c3ccc(O)c(N)n3)c(N3[C@H](C)CC[C@@H]3C)n2)cn1.CCCC/C=C/c1cc(C(=O)NS(=O)(=O)c2cccc(N)n2)c(N2C[C@@H](C)CC2(C)C)nc1C(C)(C)C.C[C@@H]1CN(c2nc(C3=CCCN(C(=O)OC(C)(C)C)C3)ccc2C(=O)NS(=O)(=O)c2cccc(N)n2)C(C)(C)C1.[HH].[HH].[HH]. The Bertz CT molecular complexity index is 6990. The molecule has 0 bridgehead atoms. The molecular weight excluding hydrogens is 1950 g/mol. The number of aromatic hydroxyl groups is 1. The van der Waals surface area contributed by atoms with Gasteiger partial charge in [-0.25, -0.2) is 68.5 Å². The van der Waals surface area contributed by atoms with E-state index >= 15 is 0 Å². The van der Waals surface area contributed by atoms with Gasteiger partial charge in [-0.2, -0.15) is 33.7 Å². The van der Waals surface area contributed by atoms with Gasteiger partial charge in [-0.15, -0.1) is 0 Å². The Hall–Kier alpha value is -13.5.